The minimum atomic E-state index is -0.993. The number of aliphatic carboxylic acids is 3. The third-order valence-electron chi connectivity index (χ3n) is 9.03. The molecule has 0 amide bonds. The van der Waals surface area contributed by atoms with Gasteiger partial charge in [0.05, 0.1) is 0 Å². The predicted octanol–water partition coefficient (Wildman–Crippen LogP) is 9.95. The Hall–Kier alpha value is -4.15. The number of nitrogens with one attached hydrogen (secondary N) is 1. The molecule has 296 valence electrons. The Morgan fingerprint density at radius 1 is 0.722 bits per heavy atom. The van der Waals surface area contributed by atoms with Crippen molar-refractivity contribution in [3.8, 4) is 0 Å². The van der Waals surface area contributed by atoms with Gasteiger partial charge in [0.15, 0.2) is 5.96 Å². The van der Waals surface area contributed by atoms with Gasteiger partial charge in [-0.05, 0) is 113 Å². The van der Waals surface area contributed by atoms with E-state index in [0.29, 0.717) is 0 Å². The molecule has 6 N–H and O–H groups in total. The molecule has 9 nitrogen and oxygen atoms in total. The van der Waals surface area contributed by atoms with Gasteiger partial charge >= 0.3 is 41.0 Å². The van der Waals surface area contributed by atoms with E-state index in [1.807, 2.05) is 24.3 Å². The molecule has 0 heterocycles. The third kappa shape index (κ3) is 22.8. The number of rotatable bonds is 12. The van der Waals surface area contributed by atoms with Crippen LogP contribution in [0.15, 0.2) is 117 Å². The van der Waals surface area contributed by atoms with Crippen molar-refractivity contribution in [2.75, 3.05) is 13.6 Å². The fraction of sp³-hybridized carbons (Fsp3) is 0.455. The van der Waals surface area contributed by atoms with Crippen LogP contribution in [0.2, 0.25) is 0 Å². The smallest absolute Gasteiger partial charge is 1.00 e. The molecule has 0 aliphatic heterocycles. The number of guanidine groups is 1. The van der Waals surface area contributed by atoms with Crippen LogP contribution in [0.25, 0.3) is 0 Å². The fourth-order valence-corrected chi connectivity index (χ4v) is 6.04. The molecule has 0 saturated carbocycles. The number of hydrogen-bond acceptors (Lipinski definition) is 4. The second kappa shape index (κ2) is 25.8. The molecular weight excluding hydrogens is 691 g/mol. The molecule has 0 atom stereocenters. The predicted molar refractivity (Wildman–Crippen MR) is 228 cm³/mol. The van der Waals surface area contributed by atoms with E-state index in [9.17, 15) is 14.4 Å². The maximum absolute atomic E-state index is 10.5. The number of likely N-dealkylation sites (N-methyl/N-ethyl adjacent to an activating group) is 1. The third-order valence-corrected chi connectivity index (χ3v) is 9.03. The molecule has 0 spiro atoms. The Labute approximate surface area is 343 Å². The average Bonchev–Trinajstić information content (AvgIpc) is 2.99. The van der Waals surface area contributed by atoms with E-state index in [1.165, 1.54) is 80.0 Å². The van der Waals surface area contributed by atoms with Gasteiger partial charge in [0.2, 0.25) is 0 Å². The quantitative estimate of drug-likeness (QED) is 0.0431. The molecule has 0 aromatic rings. The largest absolute Gasteiger partial charge is 2.00 e. The Balaban J connectivity index is -0.000000381. The van der Waals surface area contributed by atoms with E-state index in [-0.39, 0.29) is 49.2 Å². The van der Waals surface area contributed by atoms with Crippen molar-refractivity contribution in [2.24, 2.45) is 16.6 Å². The van der Waals surface area contributed by atoms with Crippen LogP contribution in [0.1, 0.15) is 111 Å². The van der Waals surface area contributed by atoms with Crippen molar-refractivity contribution in [2.45, 2.75) is 108 Å². The molecule has 0 saturated heterocycles. The summed E-state index contributed by atoms with van der Waals surface area (Å²) < 4.78 is 0. The Morgan fingerprint density at radius 3 is 1.33 bits per heavy atom. The molecule has 0 aromatic carbocycles. The van der Waals surface area contributed by atoms with Crippen LogP contribution in [-0.4, -0.2) is 80.7 Å². The maximum Gasteiger partial charge on any atom is 2.00 e. The first-order valence-electron chi connectivity index (χ1n) is 18.0. The van der Waals surface area contributed by atoms with Gasteiger partial charge in [0, 0.05) is 19.2 Å². The van der Waals surface area contributed by atoms with Crippen molar-refractivity contribution in [1.82, 2.24) is 4.90 Å². The van der Waals surface area contributed by atoms with Crippen LogP contribution in [-0.2, 0) is 14.4 Å². The monoisotopic (exact) mass is 757 g/mol. The molecule has 10 heteroatoms. The summed E-state index contributed by atoms with van der Waals surface area (Å²) in [4.78, 5) is 32.1. The number of carboxylic acids is 3. The molecule has 0 bridgehead atoms. The molecule has 0 radical (unpaired) electrons. The van der Waals surface area contributed by atoms with Gasteiger partial charge in [-0.15, -0.1) is 0 Å². The molecule has 2 aliphatic rings. The maximum atomic E-state index is 10.5. The van der Waals surface area contributed by atoms with Crippen LogP contribution in [0.4, 0.5) is 0 Å². The van der Waals surface area contributed by atoms with Crippen LogP contribution < -0.4 is 5.73 Å². The van der Waals surface area contributed by atoms with E-state index in [2.05, 4.69) is 79.7 Å². The summed E-state index contributed by atoms with van der Waals surface area (Å²) in [6.07, 6.45) is 30.0. The summed E-state index contributed by atoms with van der Waals surface area (Å²) in [5, 5.41) is 32.2. The number of nitrogens with two attached hydrogens (primary N) is 1. The Morgan fingerprint density at radius 2 is 1.07 bits per heavy atom. The zero-order valence-electron chi connectivity index (χ0n) is 36.7. The van der Waals surface area contributed by atoms with Crippen LogP contribution >= 0.6 is 0 Å². The average molecular weight is 758 g/mol. The summed E-state index contributed by atoms with van der Waals surface area (Å²) in [5.41, 5.74) is 15.1. The zero-order chi connectivity index (χ0) is 40.9. The Kier molecular flexibility index (Phi) is 24.8. The SMILES string of the molecule is CC1=C(/C=C/C(C)=C/C=C/C(C)=C\C(=O)O)C(C)(C)CCC1.CC1=C(/C=C/C(C)=C/C=C/C(C)=C\C(=O)O)C(C)(C)CCC1.CN(CC(=O)O)C(=N)N.[H-].[H-].[Mg+2]. The zero-order valence-corrected chi connectivity index (χ0v) is 36.1. The van der Waals surface area contributed by atoms with Gasteiger partial charge in [-0.3, -0.25) is 10.2 Å². The first kappa shape index (κ1) is 52.0. The van der Waals surface area contributed by atoms with Crippen molar-refractivity contribution < 1.29 is 32.6 Å². The number of carboxylic acid groups (broad SMARTS) is 3. The first-order chi connectivity index (χ1) is 24.5. The van der Waals surface area contributed by atoms with Gasteiger partial charge < -0.3 is 28.8 Å². The number of allylic oxidation sites excluding steroid dienone is 18. The fourth-order valence-electron chi connectivity index (χ4n) is 6.04. The molecule has 54 heavy (non-hydrogen) atoms. The van der Waals surface area contributed by atoms with Crippen LogP contribution in [0, 0.1) is 16.2 Å². The molecule has 2 aliphatic carbocycles. The molecule has 0 fully saturated rings. The van der Waals surface area contributed by atoms with Gasteiger partial charge in [-0.2, -0.15) is 0 Å². The summed E-state index contributed by atoms with van der Waals surface area (Å²) in [6, 6.07) is 0. The second-order valence-electron chi connectivity index (χ2n) is 15.2. The van der Waals surface area contributed by atoms with Crippen molar-refractivity contribution in [1.29, 1.82) is 5.41 Å². The van der Waals surface area contributed by atoms with E-state index in [1.54, 1.807) is 26.0 Å². The summed E-state index contributed by atoms with van der Waals surface area (Å²) in [6.45, 7) is 21.2. The van der Waals surface area contributed by atoms with Gasteiger partial charge in [0.25, 0.3) is 0 Å². The van der Waals surface area contributed by atoms with Crippen LogP contribution in [0.3, 0.4) is 0 Å². The van der Waals surface area contributed by atoms with Crippen LogP contribution in [0.5, 0.6) is 0 Å². The standard InChI is InChI=1S/2C20H28O2.C4H9N3O2.Mg.2H/c2*1-15(8-6-9-16(2)14-19(21)22)11-12-18-17(3)10-7-13-20(18,4)5;1-7(4(5)6)2-3(8)9;;;/h2*6,8-9,11-12,14H,7,10,13H2,1-5H3,(H,21,22);2H2,1H3,(H3,5,6)(H,8,9);;;/q;;;+2;2*-1/b2*9-6+,12-11+,15-8+,16-14-;;;;. The number of hydrogen-bond donors (Lipinski definition) is 5. The van der Waals surface area contributed by atoms with E-state index in [0.717, 1.165) is 27.2 Å². The topological polar surface area (TPSA) is 165 Å². The molecule has 0 aromatic heterocycles. The second-order valence-corrected chi connectivity index (χ2v) is 15.2. The van der Waals surface area contributed by atoms with Gasteiger partial charge in [0.1, 0.15) is 6.54 Å². The summed E-state index contributed by atoms with van der Waals surface area (Å²) in [5.74, 6) is -3.06. The van der Waals surface area contributed by atoms with E-state index in [4.69, 9.17) is 26.5 Å². The van der Waals surface area contributed by atoms with Gasteiger partial charge in [-0.1, -0.05) is 111 Å². The van der Waals surface area contributed by atoms with E-state index < -0.39 is 17.9 Å². The summed E-state index contributed by atoms with van der Waals surface area (Å²) in [7, 11) is 1.44. The normalized spacial score (nSPS) is 17.9. The molecule has 2 rings (SSSR count). The number of nitrogens with zero attached hydrogens (tertiary/aromatic N) is 1. The first-order valence-corrected chi connectivity index (χ1v) is 18.0. The van der Waals surface area contributed by atoms with Crippen molar-refractivity contribution >= 4 is 46.9 Å². The minimum Gasteiger partial charge on any atom is -1.00 e. The van der Waals surface area contributed by atoms with E-state index >= 15 is 0 Å². The van der Waals surface area contributed by atoms with Crippen molar-refractivity contribution in [3.05, 3.63) is 117 Å². The Bertz CT molecular complexity index is 1540. The molecular formula is C44H67MgN3O6. The van der Waals surface area contributed by atoms with Gasteiger partial charge in [-0.25, -0.2) is 9.59 Å². The molecule has 0 unspecified atom stereocenters. The number of carbonyl (C=O) groups is 3. The van der Waals surface area contributed by atoms with Crippen molar-refractivity contribution in [3.63, 3.8) is 0 Å². The minimum absolute atomic E-state index is 0. The summed E-state index contributed by atoms with van der Waals surface area (Å²) >= 11 is 0.